The third-order valence-electron chi connectivity index (χ3n) is 2.50. The van der Waals surface area contributed by atoms with Crippen molar-refractivity contribution in [3.8, 4) is 0 Å². The summed E-state index contributed by atoms with van der Waals surface area (Å²) >= 11 is 5.99. The largest absolute Gasteiger partial charge is 0.228 e. The van der Waals surface area contributed by atoms with Gasteiger partial charge in [0.05, 0.1) is 11.5 Å². The molecule has 0 atom stereocenters. The van der Waals surface area contributed by atoms with Crippen LogP contribution >= 0.6 is 11.6 Å². The van der Waals surface area contributed by atoms with E-state index in [0.717, 1.165) is 16.7 Å². The summed E-state index contributed by atoms with van der Waals surface area (Å²) in [6.07, 6.45) is 1.76. The first kappa shape index (κ1) is 10.7. The summed E-state index contributed by atoms with van der Waals surface area (Å²) in [5, 5.41) is 0.678. The van der Waals surface area contributed by atoms with E-state index in [1.54, 1.807) is 6.08 Å². The molecule has 80 valence electrons. The molecule has 0 radical (unpaired) electrons. The van der Waals surface area contributed by atoms with E-state index in [2.05, 4.69) is 0 Å². The van der Waals surface area contributed by atoms with E-state index in [-0.39, 0.29) is 11.5 Å². The molecule has 0 saturated heterocycles. The lowest BCUT2D eigenvalue weighted by molar-refractivity contribution is 0.603. The van der Waals surface area contributed by atoms with Gasteiger partial charge in [-0.25, -0.2) is 8.42 Å². The van der Waals surface area contributed by atoms with Crippen molar-refractivity contribution < 1.29 is 8.42 Å². The maximum atomic E-state index is 11.3. The Labute approximate surface area is 94.5 Å². The first-order valence-electron chi connectivity index (χ1n) is 4.64. The van der Waals surface area contributed by atoms with Crippen LogP contribution < -0.4 is 0 Å². The topological polar surface area (TPSA) is 34.1 Å². The van der Waals surface area contributed by atoms with E-state index in [4.69, 9.17) is 11.6 Å². The SMILES string of the molecule is Cc1ccc(C2=CCS(=O)(=O)C2)cc1Cl. The van der Waals surface area contributed by atoms with Crippen LogP contribution in [-0.4, -0.2) is 19.9 Å². The Morgan fingerprint density at radius 1 is 1.33 bits per heavy atom. The summed E-state index contributed by atoms with van der Waals surface area (Å²) in [6.45, 7) is 1.92. The van der Waals surface area contributed by atoms with E-state index in [9.17, 15) is 8.42 Å². The molecule has 1 aromatic carbocycles. The smallest absolute Gasteiger partial charge is 0.158 e. The second-order valence-corrected chi connectivity index (χ2v) is 6.26. The van der Waals surface area contributed by atoms with Gasteiger partial charge in [-0.1, -0.05) is 29.8 Å². The molecule has 0 unspecified atom stereocenters. The molecule has 0 aromatic heterocycles. The minimum Gasteiger partial charge on any atom is -0.228 e. The van der Waals surface area contributed by atoms with Gasteiger partial charge in [0, 0.05) is 5.02 Å². The second-order valence-electron chi connectivity index (χ2n) is 3.75. The molecule has 15 heavy (non-hydrogen) atoms. The lowest BCUT2D eigenvalue weighted by Gasteiger charge is -2.04. The van der Waals surface area contributed by atoms with Gasteiger partial charge in [-0.3, -0.25) is 0 Å². The van der Waals surface area contributed by atoms with E-state index in [1.807, 2.05) is 25.1 Å². The number of benzene rings is 1. The molecule has 0 fully saturated rings. The quantitative estimate of drug-likeness (QED) is 0.758. The van der Waals surface area contributed by atoms with E-state index < -0.39 is 9.84 Å². The fraction of sp³-hybridized carbons (Fsp3) is 0.273. The maximum Gasteiger partial charge on any atom is 0.158 e. The highest BCUT2D eigenvalue weighted by Crippen LogP contribution is 2.26. The summed E-state index contributed by atoms with van der Waals surface area (Å²) in [4.78, 5) is 0. The van der Waals surface area contributed by atoms with Gasteiger partial charge in [0.2, 0.25) is 0 Å². The highest BCUT2D eigenvalue weighted by atomic mass is 35.5. The zero-order chi connectivity index (χ0) is 11.1. The molecule has 0 spiro atoms. The molecular formula is C11H11ClO2S. The van der Waals surface area contributed by atoms with Crippen molar-refractivity contribution >= 4 is 27.0 Å². The van der Waals surface area contributed by atoms with E-state index in [1.165, 1.54) is 0 Å². The van der Waals surface area contributed by atoms with Crippen molar-refractivity contribution in [2.45, 2.75) is 6.92 Å². The van der Waals surface area contributed by atoms with Gasteiger partial charge in [0.1, 0.15) is 0 Å². The number of halogens is 1. The molecule has 0 amide bonds. The standard InChI is InChI=1S/C11H11ClO2S/c1-8-2-3-9(6-11(8)12)10-4-5-15(13,14)7-10/h2-4,6H,5,7H2,1H3. The van der Waals surface area contributed by atoms with Crippen LogP contribution in [0.25, 0.3) is 5.57 Å². The molecular weight excluding hydrogens is 232 g/mol. The first-order valence-corrected chi connectivity index (χ1v) is 6.84. The normalized spacial score (nSPS) is 18.9. The Morgan fingerprint density at radius 3 is 2.60 bits per heavy atom. The minimum absolute atomic E-state index is 0.131. The van der Waals surface area contributed by atoms with Crippen molar-refractivity contribution in [3.05, 3.63) is 40.4 Å². The highest BCUT2D eigenvalue weighted by Gasteiger charge is 2.20. The Kier molecular flexibility index (Phi) is 2.61. The molecule has 2 nitrogen and oxygen atoms in total. The van der Waals surface area contributed by atoms with Crippen molar-refractivity contribution in [1.82, 2.24) is 0 Å². The summed E-state index contributed by atoms with van der Waals surface area (Å²) in [5.41, 5.74) is 2.77. The van der Waals surface area contributed by atoms with Gasteiger partial charge < -0.3 is 0 Å². The first-order chi connectivity index (χ1) is 6.98. The Bertz CT molecular complexity index is 530. The van der Waals surface area contributed by atoms with Gasteiger partial charge >= 0.3 is 0 Å². The van der Waals surface area contributed by atoms with Gasteiger partial charge in [0.15, 0.2) is 9.84 Å². The number of hydrogen-bond donors (Lipinski definition) is 0. The van der Waals surface area contributed by atoms with Crippen LogP contribution in [-0.2, 0) is 9.84 Å². The molecule has 0 N–H and O–H groups in total. The van der Waals surface area contributed by atoms with E-state index >= 15 is 0 Å². The molecule has 0 aliphatic carbocycles. The molecule has 1 aromatic rings. The molecule has 1 aliphatic heterocycles. The Morgan fingerprint density at radius 2 is 2.07 bits per heavy atom. The van der Waals surface area contributed by atoms with Crippen molar-refractivity contribution in [1.29, 1.82) is 0 Å². The van der Waals surface area contributed by atoms with Gasteiger partial charge in [-0.05, 0) is 29.7 Å². The third kappa shape index (κ3) is 2.24. The second kappa shape index (κ2) is 3.65. The van der Waals surface area contributed by atoms with E-state index in [0.29, 0.717) is 5.02 Å². The van der Waals surface area contributed by atoms with Crippen LogP contribution in [0.2, 0.25) is 5.02 Å². The predicted octanol–water partition coefficient (Wildman–Crippen LogP) is 2.46. The summed E-state index contributed by atoms with van der Waals surface area (Å²) in [7, 11) is -2.90. The summed E-state index contributed by atoms with van der Waals surface area (Å²) in [6, 6.07) is 5.64. The molecule has 2 rings (SSSR count). The molecule has 1 aliphatic rings. The Balaban J connectivity index is 2.36. The van der Waals surface area contributed by atoms with Crippen molar-refractivity contribution in [3.63, 3.8) is 0 Å². The lowest BCUT2D eigenvalue weighted by atomic mass is 10.1. The lowest BCUT2D eigenvalue weighted by Crippen LogP contribution is -2.02. The van der Waals surface area contributed by atoms with Crippen molar-refractivity contribution in [2.75, 3.05) is 11.5 Å². The minimum atomic E-state index is -2.90. The zero-order valence-electron chi connectivity index (χ0n) is 8.33. The molecule has 4 heteroatoms. The molecule has 0 bridgehead atoms. The highest BCUT2D eigenvalue weighted by molar-refractivity contribution is 7.92. The molecule has 1 heterocycles. The monoisotopic (exact) mass is 242 g/mol. The van der Waals surface area contributed by atoms with Gasteiger partial charge in [-0.15, -0.1) is 0 Å². The fourth-order valence-corrected chi connectivity index (χ4v) is 3.09. The van der Waals surface area contributed by atoms with Gasteiger partial charge in [-0.2, -0.15) is 0 Å². The average molecular weight is 243 g/mol. The van der Waals surface area contributed by atoms with Crippen LogP contribution in [0.5, 0.6) is 0 Å². The number of hydrogen-bond acceptors (Lipinski definition) is 2. The number of sulfone groups is 1. The van der Waals surface area contributed by atoms with Crippen LogP contribution in [0.15, 0.2) is 24.3 Å². The third-order valence-corrected chi connectivity index (χ3v) is 4.33. The number of aryl methyl sites for hydroxylation is 1. The maximum absolute atomic E-state index is 11.3. The zero-order valence-corrected chi connectivity index (χ0v) is 9.90. The predicted molar refractivity (Wildman–Crippen MR) is 62.8 cm³/mol. The van der Waals surface area contributed by atoms with Crippen molar-refractivity contribution in [2.24, 2.45) is 0 Å². The van der Waals surface area contributed by atoms with Crippen LogP contribution in [0, 0.1) is 6.92 Å². The summed E-state index contributed by atoms with van der Waals surface area (Å²) < 4.78 is 22.6. The average Bonchev–Trinajstić information content (AvgIpc) is 2.51. The van der Waals surface area contributed by atoms with Gasteiger partial charge in [0.25, 0.3) is 0 Å². The fourth-order valence-electron chi connectivity index (χ4n) is 1.58. The van der Waals surface area contributed by atoms with Crippen LogP contribution in [0.1, 0.15) is 11.1 Å². The molecule has 0 saturated carbocycles. The number of rotatable bonds is 1. The van der Waals surface area contributed by atoms with Crippen LogP contribution in [0.4, 0.5) is 0 Å². The summed E-state index contributed by atoms with van der Waals surface area (Å²) in [5.74, 6) is 0.278. The Hall–Kier alpha value is -0.800. The van der Waals surface area contributed by atoms with Crippen LogP contribution in [0.3, 0.4) is 0 Å².